The standard InChI is InChI=1S/C27H35N7O3.ClH/c1-4-37-24(35)17-31-27(2,26(36)34-13-5-6-14-34)19-9-12-22-21(15-19)32-23(33(22)3)16-30-20-10-7-18(8-11-20)25(28)29;/h7-12,15,30-31H,4-6,13-14,16-17H2,1-3H3,(H3,28,29);1H. The maximum Gasteiger partial charge on any atom is 0.319 e. The van der Waals surface area contributed by atoms with Crippen LogP contribution in [0.4, 0.5) is 5.69 Å². The van der Waals surface area contributed by atoms with Gasteiger partial charge in [-0.3, -0.25) is 20.3 Å². The van der Waals surface area contributed by atoms with Gasteiger partial charge in [0, 0.05) is 31.4 Å². The fourth-order valence-electron chi connectivity index (χ4n) is 4.67. The number of imidazole rings is 1. The number of amidine groups is 1. The molecule has 1 saturated heterocycles. The number of carbonyl (C=O) groups is 2. The number of likely N-dealkylation sites (tertiary alicyclic amines) is 1. The van der Waals surface area contributed by atoms with Crippen LogP contribution in [0.5, 0.6) is 0 Å². The molecule has 1 amide bonds. The molecule has 3 aromatic rings. The molecular formula is C27H36ClN7O3. The molecule has 1 unspecified atom stereocenters. The van der Waals surface area contributed by atoms with Crippen molar-refractivity contribution in [2.45, 2.75) is 38.8 Å². The minimum absolute atomic E-state index is 0. The summed E-state index contributed by atoms with van der Waals surface area (Å²) < 4.78 is 7.10. The topological polar surface area (TPSA) is 138 Å². The molecule has 2 aromatic carbocycles. The van der Waals surface area contributed by atoms with Crippen LogP contribution in [0.3, 0.4) is 0 Å². The number of hydrogen-bond donors (Lipinski definition) is 4. The molecule has 1 aliphatic rings. The number of anilines is 1. The number of esters is 1. The summed E-state index contributed by atoms with van der Waals surface area (Å²) in [6.45, 7) is 5.72. The Bertz CT molecular complexity index is 1300. The quantitative estimate of drug-likeness (QED) is 0.176. The summed E-state index contributed by atoms with van der Waals surface area (Å²) in [4.78, 5) is 32.4. The van der Waals surface area contributed by atoms with E-state index in [1.54, 1.807) is 19.1 Å². The van der Waals surface area contributed by atoms with E-state index in [4.69, 9.17) is 20.9 Å². The van der Waals surface area contributed by atoms with Gasteiger partial charge in [-0.05, 0) is 68.7 Å². The fraction of sp³-hybridized carbons (Fsp3) is 0.407. The summed E-state index contributed by atoms with van der Waals surface area (Å²) in [5.74, 6) is 0.409. The van der Waals surface area contributed by atoms with Gasteiger partial charge in [0.25, 0.3) is 0 Å². The summed E-state index contributed by atoms with van der Waals surface area (Å²) in [5, 5.41) is 14.1. The van der Waals surface area contributed by atoms with E-state index in [9.17, 15) is 9.59 Å². The zero-order valence-electron chi connectivity index (χ0n) is 22.0. The van der Waals surface area contributed by atoms with Gasteiger partial charge < -0.3 is 25.3 Å². The van der Waals surface area contributed by atoms with Crippen LogP contribution in [0.15, 0.2) is 42.5 Å². The van der Waals surface area contributed by atoms with E-state index >= 15 is 0 Å². The highest BCUT2D eigenvalue weighted by molar-refractivity contribution is 5.95. The van der Waals surface area contributed by atoms with Crippen molar-refractivity contribution < 1.29 is 14.3 Å². The van der Waals surface area contributed by atoms with Crippen LogP contribution in [-0.2, 0) is 33.5 Å². The van der Waals surface area contributed by atoms with Crippen molar-refractivity contribution in [1.82, 2.24) is 19.8 Å². The maximum absolute atomic E-state index is 13.6. The number of nitrogens with two attached hydrogens (primary N) is 1. The van der Waals surface area contributed by atoms with Crippen molar-refractivity contribution in [3.8, 4) is 0 Å². The molecule has 10 nitrogen and oxygen atoms in total. The lowest BCUT2D eigenvalue weighted by Crippen LogP contribution is -2.54. The average Bonchev–Trinajstić information content (AvgIpc) is 3.54. The van der Waals surface area contributed by atoms with Crippen LogP contribution in [0.1, 0.15) is 43.6 Å². The number of nitrogen functional groups attached to an aromatic ring is 1. The molecule has 0 saturated carbocycles. The number of halogens is 1. The smallest absolute Gasteiger partial charge is 0.319 e. The third kappa shape index (κ3) is 6.08. The Balaban J connectivity index is 0.00000400. The number of ether oxygens (including phenoxy) is 1. The number of nitrogens with one attached hydrogen (secondary N) is 3. The van der Waals surface area contributed by atoms with E-state index in [-0.39, 0.29) is 37.3 Å². The molecule has 0 bridgehead atoms. The summed E-state index contributed by atoms with van der Waals surface area (Å²) >= 11 is 0. The number of nitrogens with zero attached hydrogens (tertiary/aromatic N) is 3. The van der Waals surface area contributed by atoms with E-state index in [0.29, 0.717) is 25.2 Å². The molecule has 0 radical (unpaired) electrons. The maximum atomic E-state index is 13.6. The molecule has 1 fully saturated rings. The van der Waals surface area contributed by atoms with Crippen molar-refractivity contribution in [3.63, 3.8) is 0 Å². The lowest BCUT2D eigenvalue weighted by atomic mass is 9.89. The van der Waals surface area contributed by atoms with Crippen LogP contribution < -0.4 is 16.4 Å². The third-order valence-electron chi connectivity index (χ3n) is 6.91. The first-order valence-electron chi connectivity index (χ1n) is 12.6. The monoisotopic (exact) mass is 541 g/mol. The predicted octanol–water partition coefficient (Wildman–Crippen LogP) is 2.88. The Morgan fingerprint density at radius 1 is 1.16 bits per heavy atom. The van der Waals surface area contributed by atoms with Crippen molar-refractivity contribution in [2.75, 3.05) is 31.6 Å². The van der Waals surface area contributed by atoms with Gasteiger partial charge in [0.2, 0.25) is 5.91 Å². The summed E-state index contributed by atoms with van der Waals surface area (Å²) in [6.07, 6.45) is 1.96. The molecule has 1 aliphatic heterocycles. The van der Waals surface area contributed by atoms with E-state index < -0.39 is 11.5 Å². The molecule has 2 heterocycles. The molecule has 38 heavy (non-hydrogen) atoms. The summed E-state index contributed by atoms with van der Waals surface area (Å²) in [5.41, 5.74) is 8.45. The molecule has 1 aromatic heterocycles. The highest BCUT2D eigenvalue weighted by atomic mass is 35.5. The summed E-state index contributed by atoms with van der Waals surface area (Å²) in [7, 11) is 1.96. The molecule has 204 valence electrons. The number of aromatic nitrogens is 2. The Labute approximate surface area is 228 Å². The third-order valence-corrected chi connectivity index (χ3v) is 6.91. The van der Waals surface area contributed by atoms with E-state index in [1.807, 2.05) is 53.8 Å². The highest BCUT2D eigenvalue weighted by Gasteiger charge is 2.39. The van der Waals surface area contributed by atoms with Crippen LogP contribution in [-0.4, -0.2) is 58.4 Å². The second-order valence-corrected chi connectivity index (χ2v) is 9.42. The van der Waals surface area contributed by atoms with Gasteiger partial charge in [-0.15, -0.1) is 12.4 Å². The molecule has 0 spiro atoms. The van der Waals surface area contributed by atoms with Gasteiger partial charge in [0.1, 0.15) is 17.2 Å². The fourth-order valence-corrected chi connectivity index (χ4v) is 4.67. The van der Waals surface area contributed by atoms with Gasteiger partial charge in [0.05, 0.1) is 30.7 Å². The second kappa shape index (κ2) is 12.3. The van der Waals surface area contributed by atoms with Crippen LogP contribution in [0.25, 0.3) is 11.0 Å². The molecular weight excluding hydrogens is 506 g/mol. The Morgan fingerprint density at radius 3 is 2.47 bits per heavy atom. The SMILES string of the molecule is CCOC(=O)CNC(C)(C(=O)N1CCCC1)c1ccc2c(c1)nc(CNc1ccc(C(=N)N)cc1)n2C.Cl. The zero-order valence-corrected chi connectivity index (χ0v) is 22.9. The lowest BCUT2D eigenvalue weighted by Gasteiger charge is -2.33. The van der Waals surface area contributed by atoms with Crippen molar-refractivity contribution >= 4 is 46.8 Å². The molecule has 1 atom stereocenters. The number of hydrogen-bond acceptors (Lipinski definition) is 7. The van der Waals surface area contributed by atoms with E-state index in [2.05, 4.69) is 10.6 Å². The minimum atomic E-state index is -1.10. The Hall–Kier alpha value is -3.63. The van der Waals surface area contributed by atoms with E-state index in [1.165, 1.54) is 0 Å². The first-order valence-corrected chi connectivity index (χ1v) is 12.6. The van der Waals surface area contributed by atoms with Crippen LogP contribution >= 0.6 is 12.4 Å². The molecule has 4 rings (SSSR count). The van der Waals surface area contributed by atoms with Gasteiger partial charge in [-0.1, -0.05) is 6.07 Å². The Morgan fingerprint density at radius 2 is 1.84 bits per heavy atom. The van der Waals surface area contributed by atoms with Crippen molar-refractivity contribution in [3.05, 3.63) is 59.4 Å². The number of aryl methyl sites for hydroxylation is 1. The number of amides is 1. The normalized spacial score (nSPS) is 14.6. The van der Waals surface area contributed by atoms with Gasteiger partial charge >= 0.3 is 5.97 Å². The molecule has 5 N–H and O–H groups in total. The summed E-state index contributed by atoms with van der Waals surface area (Å²) in [6, 6.07) is 13.2. The number of rotatable bonds is 10. The second-order valence-electron chi connectivity index (χ2n) is 9.42. The zero-order chi connectivity index (χ0) is 26.6. The van der Waals surface area contributed by atoms with Gasteiger partial charge in [-0.2, -0.15) is 0 Å². The number of carbonyl (C=O) groups excluding carboxylic acids is 2. The van der Waals surface area contributed by atoms with Crippen LogP contribution in [0.2, 0.25) is 0 Å². The number of benzene rings is 2. The van der Waals surface area contributed by atoms with Gasteiger partial charge in [-0.25, -0.2) is 4.98 Å². The average molecular weight is 542 g/mol. The predicted molar refractivity (Wildman–Crippen MR) is 151 cm³/mol. The lowest BCUT2D eigenvalue weighted by molar-refractivity contribution is -0.143. The van der Waals surface area contributed by atoms with Crippen LogP contribution in [0, 0.1) is 5.41 Å². The van der Waals surface area contributed by atoms with Crippen molar-refractivity contribution in [2.24, 2.45) is 12.8 Å². The molecule has 0 aliphatic carbocycles. The Kier molecular flexibility index (Phi) is 9.35. The molecule has 11 heteroatoms. The first-order chi connectivity index (χ1) is 17.7. The van der Waals surface area contributed by atoms with Gasteiger partial charge in [0.15, 0.2) is 0 Å². The largest absolute Gasteiger partial charge is 0.465 e. The van der Waals surface area contributed by atoms with E-state index in [0.717, 1.165) is 41.0 Å². The minimum Gasteiger partial charge on any atom is -0.465 e. The highest BCUT2D eigenvalue weighted by Crippen LogP contribution is 2.29. The number of fused-ring (bicyclic) bond motifs is 1. The van der Waals surface area contributed by atoms with Crippen molar-refractivity contribution in [1.29, 1.82) is 5.41 Å². The first kappa shape index (κ1) is 28.9.